The third-order valence-electron chi connectivity index (χ3n) is 3.25. The van der Waals surface area contributed by atoms with Gasteiger partial charge in [-0.2, -0.15) is 5.10 Å². The third kappa shape index (κ3) is 2.29. The molecule has 1 aliphatic rings. The zero-order valence-electron chi connectivity index (χ0n) is 9.86. The Morgan fingerprint density at radius 3 is 2.71 bits per heavy atom. The Hall–Kier alpha value is -1.10. The normalized spacial score (nSPS) is 16.6. The standard InChI is InChI=1S/C11H16ClN3O2/c1-2-7-14-11(12)10(15(16)17)9(13-14)8-5-3-4-6-8/h8H,2-7H2,1H3. The molecule has 0 aliphatic heterocycles. The van der Waals surface area contributed by atoms with E-state index in [2.05, 4.69) is 5.10 Å². The average molecular weight is 258 g/mol. The molecule has 1 heterocycles. The van der Waals surface area contributed by atoms with Gasteiger partial charge in [-0.1, -0.05) is 31.4 Å². The van der Waals surface area contributed by atoms with Crippen LogP contribution in [0.5, 0.6) is 0 Å². The lowest BCUT2D eigenvalue weighted by Gasteiger charge is -2.03. The first-order valence-corrected chi connectivity index (χ1v) is 6.43. The first kappa shape index (κ1) is 12.4. The lowest BCUT2D eigenvalue weighted by molar-refractivity contribution is -0.385. The Labute approximate surface area is 105 Å². The number of aromatic nitrogens is 2. The molecule has 1 saturated carbocycles. The number of nitrogens with zero attached hydrogens (tertiary/aromatic N) is 3. The summed E-state index contributed by atoms with van der Waals surface area (Å²) in [4.78, 5) is 10.7. The van der Waals surface area contributed by atoms with Crippen LogP contribution in [-0.4, -0.2) is 14.7 Å². The van der Waals surface area contributed by atoms with E-state index in [1.807, 2.05) is 6.92 Å². The van der Waals surface area contributed by atoms with E-state index < -0.39 is 4.92 Å². The Morgan fingerprint density at radius 2 is 2.18 bits per heavy atom. The van der Waals surface area contributed by atoms with Crippen LogP contribution in [0, 0.1) is 10.1 Å². The van der Waals surface area contributed by atoms with Crippen molar-refractivity contribution < 1.29 is 4.92 Å². The molecule has 0 radical (unpaired) electrons. The molecule has 0 unspecified atom stereocenters. The highest BCUT2D eigenvalue weighted by Gasteiger charge is 2.32. The van der Waals surface area contributed by atoms with Crippen molar-refractivity contribution in [2.45, 2.75) is 51.5 Å². The van der Waals surface area contributed by atoms with Gasteiger partial charge in [0.25, 0.3) is 0 Å². The quantitative estimate of drug-likeness (QED) is 0.612. The van der Waals surface area contributed by atoms with Gasteiger partial charge in [0.2, 0.25) is 5.15 Å². The lowest BCUT2D eigenvalue weighted by Crippen LogP contribution is -2.01. The van der Waals surface area contributed by atoms with Crippen LogP contribution in [-0.2, 0) is 6.54 Å². The monoisotopic (exact) mass is 257 g/mol. The van der Waals surface area contributed by atoms with Crippen molar-refractivity contribution in [2.24, 2.45) is 0 Å². The van der Waals surface area contributed by atoms with E-state index in [0.717, 1.165) is 32.1 Å². The summed E-state index contributed by atoms with van der Waals surface area (Å²) in [7, 11) is 0. The molecule has 0 aromatic carbocycles. The predicted octanol–water partition coefficient (Wildman–Crippen LogP) is 3.51. The van der Waals surface area contributed by atoms with Gasteiger partial charge < -0.3 is 0 Å². The van der Waals surface area contributed by atoms with Crippen LogP contribution >= 0.6 is 11.6 Å². The zero-order valence-corrected chi connectivity index (χ0v) is 10.6. The third-order valence-corrected chi connectivity index (χ3v) is 3.63. The summed E-state index contributed by atoms with van der Waals surface area (Å²) in [5.41, 5.74) is 0.609. The van der Waals surface area contributed by atoms with Crippen molar-refractivity contribution in [2.75, 3.05) is 0 Å². The Bertz CT molecular complexity index is 425. The maximum atomic E-state index is 11.1. The minimum absolute atomic E-state index is 0.0204. The molecule has 0 N–H and O–H groups in total. The molecule has 1 fully saturated rings. The molecule has 94 valence electrons. The van der Waals surface area contributed by atoms with Crippen molar-refractivity contribution in [3.05, 3.63) is 21.0 Å². The first-order chi connectivity index (χ1) is 8.15. The van der Waals surface area contributed by atoms with Crippen LogP contribution in [0.15, 0.2) is 0 Å². The van der Waals surface area contributed by atoms with E-state index in [-0.39, 0.29) is 16.8 Å². The second kappa shape index (κ2) is 5.04. The maximum absolute atomic E-state index is 11.1. The van der Waals surface area contributed by atoms with Crippen molar-refractivity contribution in [1.82, 2.24) is 9.78 Å². The number of halogens is 1. The summed E-state index contributed by atoms with van der Waals surface area (Å²) >= 11 is 6.04. The van der Waals surface area contributed by atoms with Crippen molar-refractivity contribution in [1.29, 1.82) is 0 Å². The van der Waals surface area contributed by atoms with Gasteiger partial charge in [0.05, 0.1) is 4.92 Å². The molecule has 0 spiro atoms. The number of hydrogen-bond acceptors (Lipinski definition) is 3. The zero-order chi connectivity index (χ0) is 12.4. The molecule has 0 atom stereocenters. The second-order valence-corrected chi connectivity index (χ2v) is 4.84. The average Bonchev–Trinajstić information content (AvgIpc) is 2.87. The summed E-state index contributed by atoms with van der Waals surface area (Å²) in [6.45, 7) is 2.63. The smallest absolute Gasteiger partial charge is 0.258 e. The van der Waals surface area contributed by atoms with Crippen LogP contribution in [0.1, 0.15) is 50.6 Å². The van der Waals surface area contributed by atoms with Crippen molar-refractivity contribution >= 4 is 17.3 Å². The van der Waals surface area contributed by atoms with Gasteiger partial charge in [0, 0.05) is 12.5 Å². The van der Waals surface area contributed by atoms with E-state index >= 15 is 0 Å². The molecule has 2 rings (SSSR count). The molecule has 0 amide bonds. The minimum Gasteiger partial charge on any atom is -0.258 e. The van der Waals surface area contributed by atoms with Gasteiger partial charge in [-0.05, 0) is 19.3 Å². The fourth-order valence-corrected chi connectivity index (χ4v) is 2.74. The molecule has 5 nitrogen and oxygen atoms in total. The molecular weight excluding hydrogens is 242 g/mol. The van der Waals surface area contributed by atoms with E-state index in [0.29, 0.717) is 12.2 Å². The summed E-state index contributed by atoms with van der Waals surface area (Å²) in [5, 5.41) is 15.6. The lowest BCUT2D eigenvalue weighted by atomic mass is 10.0. The van der Waals surface area contributed by atoms with Gasteiger partial charge in [-0.15, -0.1) is 0 Å². The molecule has 6 heteroatoms. The second-order valence-electron chi connectivity index (χ2n) is 4.49. The Morgan fingerprint density at radius 1 is 1.53 bits per heavy atom. The van der Waals surface area contributed by atoms with Gasteiger partial charge >= 0.3 is 5.69 Å². The molecule has 1 aromatic rings. The number of nitro groups is 1. The topological polar surface area (TPSA) is 61.0 Å². The van der Waals surface area contributed by atoms with E-state index in [1.54, 1.807) is 4.68 Å². The van der Waals surface area contributed by atoms with E-state index in [4.69, 9.17) is 11.6 Å². The SMILES string of the molecule is CCCn1nc(C2CCCC2)c([N+](=O)[O-])c1Cl. The van der Waals surface area contributed by atoms with Gasteiger partial charge in [0.1, 0.15) is 5.69 Å². The minimum atomic E-state index is -0.394. The van der Waals surface area contributed by atoms with Crippen LogP contribution in [0.4, 0.5) is 5.69 Å². The highest BCUT2D eigenvalue weighted by atomic mass is 35.5. The Balaban J connectivity index is 2.41. The van der Waals surface area contributed by atoms with Crippen LogP contribution in [0.25, 0.3) is 0 Å². The van der Waals surface area contributed by atoms with Gasteiger partial charge in [0.15, 0.2) is 0 Å². The number of hydrogen-bond donors (Lipinski definition) is 0. The molecule has 1 aromatic heterocycles. The van der Waals surface area contributed by atoms with Gasteiger partial charge in [-0.25, -0.2) is 4.68 Å². The van der Waals surface area contributed by atoms with Crippen LogP contribution in [0.2, 0.25) is 5.15 Å². The summed E-state index contributed by atoms with van der Waals surface area (Å²) in [6.07, 6.45) is 5.09. The van der Waals surface area contributed by atoms with Crippen LogP contribution in [0.3, 0.4) is 0 Å². The predicted molar refractivity (Wildman–Crippen MR) is 65.4 cm³/mol. The summed E-state index contributed by atoms with van der Waals surface area (Å²) < 4.78 is 1.56. The molecular formula is C11H16ClN3O2. The summed E-state index contributed by atoms with van der Waals surface area (Å²) in [5.74, 6) is 0.214. The molecule has 0 bridgehead atoms. The molecule has 0 saturated heterocycles. The largest absolute Gasteiger partial charge is 0.329 e. The van der Waals surface area contributed by atoms with Crippen molar-refractivity contribution in [3.63, 3.8) is 0 Å². The van der Waals surface area contributed by atoms with E-state index in [9.17, 15) is 10.1 Å². The van der Waals surface area contributed by atoms with E-state index in [1.165, 1.54) is 0 Å². The molecule has 1 aliphatic carbocycles. The maximum Gasteiger partial charge on any atom is 0.329 e. The summed E-state index contributed by atoms with van der Waals surface area (Å²) in [6, 6.07) is 0. The van der Waals surface area contributed by atoms with Gasteiger partial charge in [-0.3, -0.25) is 10.1 Å². The Kier molecular flexibility index (Phi) is 3.66. The fraction of sp³-hybridized carbons (Fsp3) is 0.727. The first-order valence-electron chi connectivity index (χ1n) is 6.05. The number of aryl methyl sites for hydroxylation is 1. The molecule has 17 heavy (non-hydrogen) atoms. The van der Waals surface area contributed by atoms with Crippen molar-refractivity contribution in [3.8, 4) is 0 Å². The highest BCUT2D eigenvalue weighted by Crippen LogP contribution is 2.40. The highest BCUT2D eigenvalue weighted by molar-refractivity contribution is 6.31. The fourth-order valence-electron chi connectivity index (χ4n) is 2.45. The number of rotatable bonds is 4. The van der Waals surface area contributed by atoms with Crippen LogP contribution < -0.4 is 0 Å².